The zero-order valence-electron chi connectivity index (χ0n) is 17.3. The van der Waals surface area contributed by atoms with Crippen molar-refractivity contribution in [2.75, 3.05) is 32.1 Å². The summed E-state index contributed by atoms with van der Waals surface area (Å²) in [6.07, 6.45) is 1.18. The summed E-state index contributed by atoms with van der Waals surface area (Å²) in [6.45, 7) is 0.887. The number of benzene rings is 1. The number of anilines is 1. The summed E-state index contributed by atoms with van der Waals surface area (Å²) in [5.74, 6) is -3.31. The number of fused-ring (bicyclic) bond motifs is 1. The molecule has 3 heterocycles. The first-order valence-electron chi connectivity index (χ1n) is 10.2. The summed E-state index contributed by atoms with van der Waals surface area (Å²) in [5.41, 5.74) is 0.145. The van der Waals surface area contributed by atoms with E-state index in [2.05, 4.69) is 5.32 Å². The Morgan fingerprint density at radius 2 is 1.65 bits per heavy atom. The fourth-order valence-corrected chi connectivity index (χ4v) is 4.45. The van der Waals surface area contributed by atoms with Crippen LogP contribution in [0.15, 0.2) is 12.1 Å². The Kier molecular flexibility index (Phi) is 5.24. The molecule has 1 aromatic carbocycles. The second kappa shape index (κ2) is 7.75. The molecule has 31 heavy (non-hydrogen) atoms. The molecular weight excluding hydrogens is 407 g/mol. The van der Waals surface area contributed by atoms with Crippen molar-refractivity contribution in [3.63, 3.8) is 0 Å². The second-order valence-electron chi connectivity index (χ2n) is 8.29. The van der Waals surface area contributed by atoms with Crippen LogP contribution in [0.3, 0.4) is 0 Å². The van der Waals surface area contributed by atoms with Crippen LogP contribution in [0.5, 0.6) is 0 Å². The number of nitrogens with one attached hydrogen (secondary N) is 1. The average Bonchev–Trinajstić information content (AvgIpc) is 2.97. The van der Waals surface area contributed by atoms with Gasteiger partial charge < -0.3 is 9.80 Å². The first kappa shape index (κ1) is 21.0. The van der Waals surface area contributed by atoms with Gasteiger partial charge in [0.15, 0.2) is 0 Å². The van der Waals surface area contributed by atoms with E-state index >= 15 is 0 Å². The number of rotatable bonds is 3. The third kappa shape index (κ3) is 3.55. The maximum Gasteiger partial charge on any atom is 0.262 e. The minimum atomic E-state index is -1.09. The zero-order valence-corrected chi connectivity index (χ0v) is 17.3. The molecule has 10 heteroatoms. The van der Waals surface area contributed by atoms with E-state index in [1.54, 1.807) is 23.9 Å². The fraction of sp³-hybridized carbons (Fsp3) is 0.476. The van der Waals surface area contributed by atoms with E-state index in [0.29, 0.717) is 25.9 Å². The van der Waals surface area contributed by atoms with Crippen LogP contribution in [0, 0.1) is 11.7 Å². The number of hydrogen-bond acceptors (Lipinski definition) is 6. The van der Waals surface area contributed by atoms with E-state index < -0.39 is 35.5 Å². The van der Waals surface area contributed by atoms with Crippen molar-refractivity contribution in [3.8, 4) is 0 Å². The van der Waals surface area contributed by atoms with E-state index in [9.17, 15) is 28.4 Å². The van der Waals surface area contributed by atoms with E-state index in [1.165, 1.54) is 6.07 Å². The number of imide groups is 2. The number of nitrogens with zero attached hydrogens (tertiary/aromatic N) is 3. The van der Waals surface area contributed by atoms with Crippen LogP contribution in [-0.4, -0.2) is 72.6 Å². The highest BCUT2D eigenvalue weighted by atomic mass is 19.1. The van der Waals surface area contributed by atoms with Crippen molar-refractivity contribution in [2.24, 2.45) is 5.92 Å². The lowest BCUT2D eigenvalue weighted by Gasteiger charge is -2.34. The van der Waals surface area contributed by atoms with Crippen LogP contribution in [0.2, 0.25) is 0 Å². The smallest absolute Gasteiger partial charge is 0.262 e. The molecule has 3 aliphatic rings. The molecule has 0 saturated carbocycles. The molecule has 0 spiro atoms. The van der Waals surface area contributed by atoms with Crippen LogP contribution in [0.25, 0.3) is 0 Å². The Morgan fingerprint density at radius 3 is 2.23 bits per heavy atom. The quantitative estimate of drug-likeness (QED) is 0.702. The van der Waals surface area contributed by atoms with Gasteiger partial charge in [-0.3, -0.25) is 34.2 Å². The molecule has 0 bridgehead atoms. The van der Waals surface area contributed by atoms with Gasteiger partial charge in [-0.15, -0.1) is 0 Å². The lowest BCUT2D eigenvalue weighted by Crippen LogP contribution is -2.54. The van der Waals surface area contributed by atoms with Crippen molar-refractivity contribution in [1.29, 1.82) is 0 Å². The average molecular weight is 430 g/mol. The van der Waals surface area contributed by atoms with Crippen LogP contribution < -0.4 is 10.2 Å². The Balaban J connectivity index is 1.56. The van der Waals surface area contributed by atoms with Crippen LogP contribution in [0.4, 0.5) is 10.1 Å². The predicted molar refractivity (Wildman–Crippen MR) is 107 cm³/mol. The van der Waals surface area contributed by atoms with Crippen molar-refractivity contribution < 1.29 is 28.4 Å². The highest BCUT2D eigenvalue weighted by molar-refractivity contribution is 6.23. The van der Waals surface area contributed by atoms with Crippen LogP contribution >= 0.6 is 0 Å². The second-order valence-corrected chi connectivity index (χ2v) is 8.29. The SMILES string of the molecule is CN(C)C(=O)C1CCN(c2cc3c(cc2F)C(=O)N(C2CCC(=O)NC2=O)C3=O)CC1. The largest absolute Gasteiger partial charge is 0.369 e. The van der Waals surface area contributed by atoms with Gasteiger partial charge in [0.1, 0.15) is 11.9 Å². The predicted octanol–water partition coefficient (Wildman–Crippen LogP) is 0.531. The molecule has 0 aromatic heterocycles. The molecule has 0 radical (unpaired) electrons. The fourth-order valence-electron chi connectivity index (χ4n) is 4.45. The van der Waals surface area contributed by atoms with Gasteiger partial charge in [0.05, 0.1) is 16.8 Å². The number of piperidine rings is 2. The maximum absolute atomic E-state index is 14.9. The molecule has 164 valence electrons. The van der Waals surface area contributed by atoms with Gasteiger partial charge in [0, 0.05) is 39.5 Å². The molecule has 3 aliphatic heterocycles. The number of carbonyl (C=O) groups is 5. The third-order valence-electron chi connectivity index (χ3n) is 6.13. The highest BCUT2D eigenvalue weighted by Crippen LogP contribution is 2.34. The Labute approximate surface area is 178 Å². The summed E-state index contributed by atoms with van der Waals surface area (Å²) in [6, 6.07) is 1.29. The standard InChI is InChI=1S/C21H23FN4O5/c1-24(2)19(29)11-5-7-25(8-6-11)16-10-13-12(9-14(16)22)20(30)26(21(13)31)15-3-4-17(27)23-18(15)28/h9-11,15H,3-8H2,1-2H3,(H,23,27,28). The first-order chi connectivity index (χ1) is 14.7. The lowest BCUT2D eigenvalue weighted by molar-refractivity contribution is -0.136. The van der Waals surface area contributed by atoms with Gasteiger partial charge in [0.2, 0.25) is 17.7 Å². The lowest BCUT2D eigenvalue weighted by atomic mass is 9.94. The van der Waals surface area contributed by atoms with Gasteiger partial charge >= 0.3 is 0 Å². The summed E-state index contributed by atoms with van der Waals surface area (Å²) in [4.78, 5) is 65.6. The minimum absolute atomic E-state index is 0.0179. The van der Waals surface area contributed by atoms with Gasteiger partial charge in [-0.05, 0) is 31.4 Å². The van der Waals surface area contributed by atoms with E-state index in [0.717, 1.165) is 11.0 Å². The van der Waals surface area contributed by atoms with Crippen LogP contribution in [0.1, 0.15) is 46.4 Å². The third-order valence-corrected chi connectivity index (χ3v) is 6.13. The van der Waals surface area contributed by atoms with Crippen molar-refractivity contribution in [3.05, 3.63) is 29.1 Å². The summed E-state index contributed by atoms with van der Waals surface area (Å²) >= 11 is 0. The molecule has 1 unspecified atom stereocenters. The van der Waals surface area contributed by atoms with E-state index in [4.69, 9.17) is 0 Å². The highest BCUT2D eigenvalue weighted by Gasteiger charge is 2.45. The molecule has 1 N–H and O–H groups in total. The van der Waals surface area contributed by atoms with E-state index in [-0.39, 0.29) is 41.5 Å². The first-order valence-corrected chi connectivity index (χ1v) is 10.2. The Morgan fingerprint density at radius 1 is 1.03 bits per heavy atom. The molecule has 9 nitrogen and oxygen atoms in total. The molecule has 1 atom stereocenters. The Hall–Kier alpha value is -3.30. The minimum Gasteiger partial charge on any atom is -0.369 e. The van der Waals surface area contributed by atoms with Crippen LogP contribution in [-0.2, 0) is 14.4 Å². The molecule has 1 aromatic rings. The van der Waals surface area contributed by atoms with Crippen molar-refractivity contribution >= 4 is 35.2 Å². The maximum atomic E-state index is 14.9. The molecule has 2 fully saturated rings. The van der Waals surface area contributed by atoms with Gasteiger partial charge in [0.25, 0.3) is 11.8 Å². The Bertz CT molecular complexity index is 1000. The topological polar surface area (TPSA) is 107 Å². The molecule has 2 saturated heterocycles. The summed E-state index contributed by atoms with van der Waals surface area (Å²) in [5, 5.41) is 2.13. The van der Waals surface area contributed by atoms with Gasteiger partial charge in [-0.1, -0.05) is 0 Å². The monoisotopic (exact) mass is 430 g/mol. The van der Waals surface area contributed by atoms with Gasteiger partial charge in [-0.2, -0.15) is 0 Å². The normalized spacial score (nSPS) is 22.0. The number of amides is 5. The summed E-state index contributed by atoms with van der Waals surface area (Å²) < 4.78 is 14.9. The summed E-state index contributed by atoms with van der Waals surface area (Å²) in [7, 11) is 3.40. The molecular formula is C21H23FN4O5. The van der Waals surface area contributed by atoms with E-state index in [1.807, 2.05) is 0 Å². The van der Waals surface area contributed by atoms with Crippen molar-refractivity contribution in [2.45, 2.75) is 31.7 Å². The molecule has 4 rings (SSSR count). The zero-order chi connectivity index (χ0) is 22.4. The van der Waals surface area contributed by atoms with Gasteiger partial charge in [-0.25, -0.2) is 4.39 Å². The number of carbonyl (C=O) groups excluding carboxylic acids is 5. The van der Waals surface area contributed by atoms with Crippen molar-refractivity contribution in [1.82, 2.24) is 15.1 Å². The number of hydrogen-bond donors (Lipinski definition) is 1. The number of halogens is 1. The molecule has 0 aliphatic carbocycles. The molecule has 5 amide bonds.